The summed E-state index contributed by atoms with van der Waals surface area (Å²) in [7, 11) is 3.01. The second-order valence-corrected chi connectivity index (χ2v) is 28.3. The third-order valence-electron chi connectivity index (χ3n) is 20.4. The van der Waals surface area contributed by atoms with Gasteiger partial charge >= 0.3 is 23.8 Å². The van der Waals surface area contributed by atoms with E-state index in [2.05, 4.69) is 0 Å². The van der Waals surface area contributed by atoms with E-state index >= 15 is 0 Å². The fourth-order valence-corrected chi connectivity index (χ4v) is 14.5. The van der Waals surface area contributed by atoms with Crippen LogP contribution in [0, 0.1) is 29.1 Å². The highest BCUT2D eigenvalue weighted by molar-refractivity contribution is 5.93. The summed E-state index contributed by atoms with van der Waals surface area (Å²) in [6.07, 6.45) is 25.2. The molecule has 4 aliphatic rings. The van der Waals surface area contributed by atoms with Crippen LogP contribution in [0.5, 0.6) is 0 Å². The van der Waals surface area contributed by atoms with Crippen molar-refractivity contribution < 1.29 is 93.3 Å². The molecule has 5 heterocycles. The van der Waals surface area contributed by atoms with Crippen LogP contribution < -0.4 is 0 Å². The number of aliphatic hydroxyl groups is 1. The number of furan rings is 5. The van der Waals surface area contributed by atoms with Crippen molar-refractivity contribution in [1.82, 2.24) is 5.06 Å². The lowest BCUT2D eigenvalue weighted by Gasteiger charge is -2.29. The summed E-state index contributed by atoms with van der Waals surface area (Å²) in [5, 5.41) is 39.4. The molecule has 570 valence electrons. The van der Waals surface area contributed by atoms with Gasteiger partial charge in [0.25, 0.3) is 0 Å². The van der Waals surface area contributed by atoms with Gasteiger partial charge < -0.3 is 42.5 Å². The Bertz CT molecular complexity index is 4440. The number of carboxylic acids is 3. The average molecular weight is 1490 g/mol. The summed E-state index contributed by atoms with van der Waals surface area (Å²) in [5.74, 6) is -0.444. The van der Waals surface area contributed by atoms with Crippen molar-refractivity contribution >= 4 is 29.6 Å². The van der Waals surface area contributed by atoms with Crippen molar-refractivity contribution in [2.24, 2.45) is 0 Å². The molecular formula is C87H92F5NO15. The second-order valence-electron chi connectivity index (χ2n) is 28.3. The van der Waals surface area contributed by atoms with Crippen LogP contribution in [0.2, 0.25) is 0 Å². The van der Waals surface area contributed by atoms with E-state index in [0.29, 0.717) is 96.7 Å². The molecule has 4 aliphatic carbocycles. The van der Waals surface area contributed by atoms with Crippen molar-refractivity contribution in [3.05, 3.63) is 294 Å². The average Bonchev–Trinajstić information content (AvgIpc) is 1.63. The zero-order valence-corrected chi connectivity index (χ0v) is 61.0. The molecule has 21 heteroatoms. The number of hydrogen-bond donors (Lipinski definition) is 4. The molecule has 5 aromatic heterocycles. The van der Waals surface area contributed by atoms with Crippen LogP contribution in [0.15, 0.2) is 180 Å². The van der Waals surface area contributed by atoms with Crippen molar-refractivity contribution in [3.63, 3.8) is 0 Å². The van der Waals surface area contributed by atoms with E-state index in [1.54, 1.807) is 79.8 Å². The SMILES string of the molecule is CC(=O)c1oc(C2CCCCC2)cc1Cc1ccc(F)cc1.CON(C)C(=O)c1oc(C2CCCCC2)cc1Cc1ccc(F)cc1.O=C(O)c1oc(C2(O)CCCCC2)cc1Cc1ccc(F)cc1.O=C(O)c1oc(C2CCCCC2)cc1Cc1ccc(F)cc1.O=C(O)c1occc1Cc1ccc(F)cc1. The minimum absolute atomic E-state index is 0.0184. The number of carbonyl (C=O) groups excluding carboxylic acids is 2. The van der Waals surface area contributed by atoms with Gasteiger partial charge in [-0.05, 0) is 170 Å². The monoisotopic (exact) mass is 1490 g/mol. The lowest BCUT2D eigenvalue weighted by molar-refractivity contribution is -0.0775. The molecule has 14 rings (SSSR count). The zero-order chi connectivity index (χ0) is 76.9. The number of carbonyl (C=O) groups is 5. The Balaban J connectivity index is 0.000000145. The van der Waals surface area contributed by atoms with Crippen molar-refractivity contribution in [2.75, 3.05) is 14.2 Å². The molecule has 4 saturated carbocycles. The molecule has 10 aromatic rings. The predicted octanol–water partition coefficient (Wildman–Crippen LogP) is 21.3. The molecule has 4 fully saturated rings. The summed E-state index contributed by atoms with van der Waals surface area (Å²) in [6, 6.07) is 39.8. The third kappa shape index (κ3) is 22.4. The first-order valence-corrected chi connectivity index (χ1v) is 37.0. The van der Waals surface area contributed by atoms with Gasteiger partial charge in [0.1, 0.15) is 57.7 Å². The number of benzene rings is 5. The number of carboxylic acid groups (broad SMARTS) is 3. The van der Waals surface area contributed by atoms with E-state index in [0.717, 1.165) is 119 Å². The van der Waals surface area contributed by atoms with Crippen LogP contribution in [0.4, 0.5) is 22.0 Å². The highest BCUT2D eigenvalue weighted by Crippen LogP contribution is 2.41. The number of amides is 1. The molecular weight excluding hydrogens is 1390 g/mol. The molecule has 1 amide bonds. The molecule has 5 aromatic carbocycles. The highest BCUT2D eigenvalue weighted by Gasteiger charge is 2.37. The van der Waals surface area contributed by atoms with Crippen molar-refractivity contribution in [3.8, 4) is 0 Å². The molecule has 4 N–H and O–H groups in total. The molecule has 0 aliphatic heterocycles. The lowest BCUT2D eigenvalue weighted by Crippen LogP contribution is -2.27. The molecule has 0 atom stereocenters. The molecule has 0 radical (unpaired) electrons. The summed E-state index contributed by atoms with van der Waals surface area (Å²) >= 11 is 0. The Morgan fingerprint density at radius 3 is 1.04 bits per heavy atom. The summed E-state index contributed by atoms with van der Waals surface area (Å²) in [6.45, 7) is 1.54. The van der Waals surface area contributed by atoms with Gasteiger partial charge in [0.05, 0.1) is 13.4 Å². The second kappa shape index (κ2) is 38.4. The predicted molar refractivity (Wildman–Crippen MR) is 394 cm³/mol. The Hall–Kier alpha value is -10.4. The molecule has 108 heavy (non-hydrogen) atoms. The van der Waals surface area contributed by atoms with E-state index in [1.807, 2.05) is 18.2 Å². The number of hydroxylamine groups is 2. The third-order valence-corrected chi connectivity index (χ3v) is 20.4. The first kappa shape index (κ1) is 80.2. The van der Waals surface area contributed by atoms with E-state index in [-0.39, 0.29) is 58.1 Å². The Morgan fingerprint density at radius 1 is 0.398 bits per heavy atom. The van der Waals surface area contributed by atoms with Crippen LogP contribution in [0.3, 0.4) is 0 Å². The highest BCUT2D eigenvalue weighted by atomic mass is 19.1. The van der Waals surface area contributed by atoms with Gasteiger partial charge in [-0.25, -0.2) is 41.4 Å². The van der Waals surface area contributed by atoms with E-state index < -0.39 is 23.5 Å². The van der Waals surface area contributed by atoms with Crippen LogP contribution in [-0.4, -0.2) is 69.2 Å². The number of hydrogen-bond acceptors (Lipinski definition) is 12. The van der Waals surface area contributed by atoms with Crippen LogP contribution >= 0.6 is 0 Å². The topological polar surface area (TPSA) is 244 Å². The normalized spacial score (nSPS) is 15.2. The minimum Gasteiger partial charge on any atom is -0.475 e. The van der Waals surface area contributed by atoms with Gasteiger partial charge in [0.15, 0.2) is 17.3 Å². The van der Waals surface area contributed by atoms with Crippen LogP contribution in [0.1, 0.15) is 285 Å². The minimum atomic E-state index is -1.16. The largest absolute Gasteiger partial charge is 0.475 e. The van der Waals surface area contributed by atoms with Gasteiger partial charge in [0.2, 0.25) is 17.3 Å². The standard InChI is InChI=1S/C20H24FNO3.C19H21FO2.C18H19FO4.C18H19FO3.C12H9FO3/c1-22(24-2)20(23)19-16(12-14-8-10-17(21)11-9-14)13-18(25-19)15-6-4-3-5-7-15;1-13(21)19-16(11-14-7-9-17(20)10-8-14)12-18(22-19)15-5-3-2-4-6-15;19-14-6-4-12(5-7-14)10-13-11-15(23-16(13)17(20)21)18(22)8-2-1-3-9-18;19-15-8-6-12(7-9-15)10-14-11-16(22-17(14)18(20)21)13-4-2-1-3-5-13;13-10-3-1-8(2-4-10)7-9-5-6-16-11(9)12(14)15/h8-11,13,15H,3-7,12H2,1-2H3;7-10,12,15H,2-6,11H2,1H3;4-7,11,22H,1-3,8-10H2,(H,20,21);6-9,11,13H,1-5,10H2,(H,20,21);1-6H,7H2,(H,14,15). The van der Waals surface area contributed by atoms with Gasteiger partial charge in [0, 0.05) is 91.6 Å². The summed E-state index contributed by atoms with van der Waals surface area (Å²) < 4.78 is 92.6. The van der Waals surface area contributed by atoms with Crippen molar-refractivity contribution in [1.29, 1.82) is 0 Å². The maximum absolute atomic E-state index is 13.1. The summed E-state index contributed by atoms with van der Waals surface area (Å²) in [4.78, 5) is 63.1. The number of ketones is 1. The van der Waals surface area contributed by atoms with E-state index in [9.17, 15) is 61.2 Å². The maximum Gasteiger partial charge on any atom is 0.372 e. The summed E-state index contributed by atoms with van der Waals surface area (Å²) in [5.41, 5.74) is 6.83. The fraction of sp³-hybridized carbons (Fsp3) is 0.368. The van der Waals surface area contributed by atoms with Crippen LogP contribution in [-0.2, 0) is 42.5 Å². The molecule has 0 saturated heterocycles. The van der Waals surface area contributed by atoms with Gasteiger partial charge in [-0.2, -0.15) is 0 Å². The Morgan fingerprint density at radius 2 is 0.694 bits per heavy atom. The molecule has 0 spiro atoms. The number of aromatic carboxylic acids is 3. The molecule has 16 nitrogen and oxygen atoms in total. The maximum atomic E-state index is 13.1. The molecule has 0 unspecified atom stereocenters. The van der Waals surface area contributed by atoms with Gasteiger partial charge in [-0.15, -0.1) is 0 Å². The van der Waals surface area contributed by atoms with E-state index in [1.165, 1.54) is 139 Å². The fourth-order valence-electron chi connectivity index (χ4n) is 14.5. The van der Waals surface area contributed by atoms with Crippen molar-refractivity contribution in [2.45, 2.75) is 191 Å². The molecule has 0 bridgehead atoms. The first-order chi connectivity index (χ1) is 52.0. The first-order valence-electron chi connectivity index (χ1n) is 37.0. The number of Topliss-reactive ketones (excluding diaryl/α,β-unsaturated/α-hetero) is 1. The number of nitrogens with zero attached hydrogens (tertiary/aromatic N) is 1. The van der Waals surface area contributed by atoms with Crippen LogP contribution in [0.25, 0.3) is 0 Å². The van der Waals surface area contributed by atoms with E-state index in [4.69, 9.17) is 32.0 Å². The Kier molecular flexibility index (Phi) is 28.5. The van der Waals surface area contributed by atoms with Gasteiger partial charge in [-0.3, -0.25) is 14.4 Å². The van der Waals surface area contributed by atoms with Gasteiger partial charge in [-0.1, -0.05) is 138 Å². The smallest absolute Gasteiger partial charge is 0.372 e. The number of halogens is 5. The zero-order valence-electron chi connectivity index (χ0n) is 61.0. The Labute approximate surface area is 624 Å². The quantitative estimate of drug-likeness (QED) is 0.0315. The lowest BCUT2D eigenvalue weighted by atomic mass is 9.83. The number of rotatable bonds is 20.